The van der Waals surface area contributed by atoms with Crippen molar-refractivity contribution < 1.29 is 14.3 Å². The summed E-state index contributed by atoms with van der Waals surface area (Å²) in [6, 6.07) is 6.80. The monoisotopic (exact) mass is 435 g/mol. The van der Waals surface area contributed by atoms with E-state index >= 15 is 0 Å². The lowest BCUT2D eigenvalue weighted by Crippen LogP contribution is -2.60. The van der Waals surface area contributed by atoms with Gasteiger partial charge in [0.05, 0.1) is 20.3 Å². The number of nitrogens with zero attached hydrogens (tertiary/aromatic N) is 2. The Bertz CT molecular complexity index is 1030. The van der Waals surface area contributed by atoms with E-state index < -0.39 is 0 Å². The number of benzene rings is 1. The largest absolute Gasteiger partial charge is 0.493 e. The molecule has 1 aromatic heterocycles. The smallest absolute Gasteiger partial charge is 0.270 e. The Balaban J connectivity index is 1.32. The van der Waals surface area contributed by atoms with E-state index in [1.165, 1.54) is 37.8 Å². The zero-order valence-corrected chi connectivity index (χ0v) is 19.1. The minimum absolute atomic E-state index is 0.119. The highest BCUT2D eigenvalue weighted by Crippen LogP contribution is 2.45. The summed E-state index contributed by atoms with van der Waals surface area (Å²) >= 11 is 0. The van der Waals surface area contributed by atoms with Gasteiger partial charge in [0, 0.05) is 36.1 Å². The van der Waals surface area contributed by atoms with Crippen molar-refractivity contribution in [3.63, 3.8) is 0 Å². The molecule has 1 aliphatic carbocycles. The second kappa shape index (κ2) is 7.84. The van der Waals surface area contributed by atoms with E-state index in [2.05, 4.69) is 20.9 Å². The van der Waals surface area contributed by atoms with Gasteiger partial charge in [0.15, 0.2) is 11.5 Å². The van der Waals surface area contributed by atoms with E-state index in [9.17, 15) is 4.79 Å². The van der Waals surface area contributed by atoms with Crippen LogP contribution in [0.25, 0.3) is 10.9 Å². The number of carbonyl (C=O) groups is 1. The lowest BCUT2D eigenvalue weighted by atomic mass is 9.68. The number of H-pyrrole nitrogens is 1. The van der Waals surface area contributed by atoms with Gasteiger partial charge in [-0.15, -0.1) is 0 Å². The number of fused-ring (bicyclic) bond motifs is 7. The van der Waals surface area contributed by atoms with E-state index in [1.807, 2.05) is 18.2 Å². The van der Waals surface area contributed by atoms with E-state index in [4.69, 9.17) is 9.47 Å². The van der Waals surface area contributed by atoms with Crippen LogP contribution in [0, 0.1) is 11.8 Å². The number of methoxy groups -OCH3 is 2. The number of likely N-dealkylation sites (tertiary alicyclic amines) is 1. The number of carbonyl (C=O) groups excluding carboxylic acids is 1. The molecule has 4 atom stereocenters. The molecule has 6 rings (SSSR count). The van der Waals surface area contributed by atoms with Crippen molar-refractivity contribution in [2.24, 2.45) is 11.8 Å². The molecule has 4 heterocycles. The zero-order chi connectivity index (χ0) is 21.8. The summed E-state index contributed by atoms with van der Waals surface area (Å²) in [5.74, 6) is 2.71. The van der Waals surface area contributed by atoms with Gasteiger partial charge in [-0.3, -0.25) is 9.69 Å². The molecule has 1 amide bonds. The Morgan fingerprint density at radius 1 is 1.06 bits per heavy atom. The molecule has 6 nitrogen and oxygen atoms in total. The molecule has 1 N–H and O–H groups in total. The number of nitrogens with one attached hydrogen (secondary N) is 1. The van der Waals surface area contributed by atoms with Gasteiger partial charge >= 0.3 is 0 Å². The SMILES string of the molecule is COc1cc2cc(C(=O)N3CCCC4=C[C@H]5C[C@@H](CN6CCCC[C@@H]56)[C@@H]43)[nH]c2cc1OC. The average Bonchev–Trinajstić information content (AvgIpc) is 3.25. The quantitative estimate of drug-likeness (QED) is 0.734. The Kier molecular flexibility index (Phi) is 4.94. The van der Waals surface area contributed by atoms with Crippen molar-refractivity contribution in [2.75, 3.05) is 33.9 Å². The third-order valence-electron chi connectivity index (χ3n) is 8.27. The molecule has 0 spiro atoms. The van der Waals surface area contributed by atoms with Gasteiger partial charge in [0.1, 0.15) is 5.69 Å². The molecule has 2 bridgehead atoms. The van der Waals surface area contributed by atoms with Gasteiger partial charge in [-0.05, 0) is 62.6 Å². The Morgan fingerprint density at radius 3 is 2.75 bits per heavy atom. The maximum absolute atomic E-state index is 13.8. The summed E-state index contributed by atoms with van der Waals surface area (Å²) in [5.41, 5.74) is 3.08. The molecule has 0 radical (unpaired) electrons. The topological polar surface area (TPSA) is 57.8 Å². The van der Waals surface area contributed by atoms with E-state index in [0.717, 1.165) is 42.9 Å². The third kappa shape index (κ3) is 3.14. The van der Waals surface area contributed by atoms with Crippen LogP contribution in [0.5, 0.6) is 11.5 Å². The van der Waals surface area contributed by atoms with Crippen LogP contribution >= 0.6 is 0 Å². The summed E-state index contributed by atoms with van der Waals surface area (Å²) < 4.78 is 10.9. The molecule has 170 valence electrons. The average molecular weight is 436 g/mol. The summed E-state index contributed by atoms with van der Waals surface area (Å²) in [4.78, 5) is 22.0. The highest BCUT2D eigenvalue weighted by Gasteiger charge is 2.47. The van der Waals surface area contributed by atoms with Gasteiger partial charge in [-0.25, -0.2) is 0 Å². The number of hydrogen-bond acceptors (Lipinski definition) is 4. The molecular formula is C26H33N3O3. The van der Waals surface area contributed by atoms with Crippen LogP contribution in [0.4, 0.5) is 0 Å². The maximum Gasteiger partial charge on any atom is 0.270 e. The summed E-state index contributed by atoms with van der Waals surface area (Å²) in [6.45, 7) is 3.22. The predicted octanol–water partition coefficient (Wildman–Crippen LogP) is 4.22. The van der Waals surface area contributed by atoms with Crippen LogP contribution in [-0.4, -0.2) is 66.6 Å². The van der Waals surface area contributed by atoms with Crippen LogP contribution < -0.4 is 9.47 Å². The van der Waals surface area contributed by atoms with Crippen molar-refractivity contribution in [2.45, 2.75) is 50.6 Å². The highest BCUT2D eigenvalue weighted by atomic mass is 16.5. The minimum atomic E-state index is 0.119. The molecule has 2 aromatic rings. The van der Waals surface area contributed by atoms with Gasteiger partial charge in [0.25, 0.3) is 5.91 Å². The number of hydrogen-bond donors (Lipinski definition) is 1. The van der Waals surface area contributed by atoms with E-state index in [-0.39, 0.29) is 11.9 Å². The van der Waals surface area contributed by atoms with Gasteiger partial charge in [-0.1, -0.05) is 18.1 Å². The number of ether oxygens (including phenoxy) is 2. The van der Waals surface area contributed by atoms with Gasteiger partial charge in [-0.2, -0.15) is 0 Å². The zero-order valence-electron chi connectivity index (χ0n) is 19.1. The number of piperidine rings is 3. The minimum Gasteiger partial charge on any atom is -0.493 e. The first-order valence-electron chi connectivity index (χ1n) is 12.2. The molecule has 6 heteroatoms. The number of aromatic amines is 1. The summed E-state index contributed by atoms with van der Waals surface area (Å²) in [6.07, 6.45) is 10.1. The first-order valence-corrected chi connectivity index (χ1v) is 12.2. The third-order valence-corrected chi connectivity index (χ3v) is 8.27. The second-order valence-electron chi connectivity index (χ2n) is 9.98. The van der Waals surface area contributed by atoms with Crippen molar-refractivity contribution >= 4 is 16.8 Å². The van der Waals surface area contributed by atoms with Gasteiger partial charge in [0.2, 0.25) is 0 Å². The van der Waals surface area contributed by atoms with Crippen molar-refractivity contribution in [1.82, 2.24) is 14.8 Å². The molecule has 3 fully saturated rings. The first kappa shape index (κ1) is 20.2. The van der Waals surface area contributed by atoms with E-state index in [0.29, 0.717) is 29.0 Å². The Morgan fingerprint density at radius 2 is 1.91 bits per heavy atom. The lowest BCUT2D eigenvalue weighted by molar-refractivity contribution is 0.00134. The maximum atomic E-state index is 13.8. The van der Waals surface area contributed by atoms with Crippen LogP contribution in [0.2, 0.25) is 0 Å². The Hall–Kier alpha value is -2.47. The molecule has 32 heavy (non-hydrogen) atoms. The molecule has 3 saturated heterocycles. The first-order chi connectivity index (χ1) is 15.7. The molecule has 0 saturated carbocycles. The fourth-order valence-corrected chi connectivity index (χ4v) is 6.93. The van der Waals surface area contributed by atoms with Crippen LogP contribution in [0.1, 0.15) is 49.0 Å². The fraction of sp³-hybridized carbons (Fsp3) is 0.577. The number of rotatable bonds is 3. The van der Waals surface area contributed by atoms with Crippen LogP contribution in [0.15, 0.2) is 29.8 Å². The Labute approximate surface area is 189 Å². The van der Waals surface area contributed by atoms with Crippen molar-refractivity contribution in [3.05, 3.63) is 35.5 Å². The standard InChI is InChI=1S/C26H33N3O3/c1-31-23-13-17-12-21(27-20(17)14-24(23)32-2)26(30)29-9-5-6-16-10-18-11-19(25(16)29)15-28-8-4-3-7-22(18)28/h10,12-14,18-19,22,25,27H,3-9,11,15H2,1-2H3/t18-,19-,22-,25+/m0/s1. The molecule has 1 aromatic carbocycles. The lowest BCUT2D eigenvalue weighted by Gasteiger charge is -2.54. The highest BCUT2D eigenvalue weighted by molar-refractivity contribution is 5.99. The number of aromatic nitrogens is 1. The molecule has 4 aliphatic rings. The molecule has 0 unspecified atom stereocenters. The second-order valence-corrected chi connectivity index (χ2v) is 9.98. The molecular weight excluding hydrogens is 402 g/mol. The normalized spacial score (nSPS) is 29.8. The van der Waals surface area contributed by atoms with Crippen LogP contribution in [0.3, 0.4) is 0 Å². The summed E-state index contributed by atoms with van der Waals surface area (Å²) in [5, 5.41) is 0.969. The van der Waals surface area contributed by atoms with Crippen molar-refractivity contribution in [1.29, 1.82) is 0 Å². The number of amides is 1. The fourth-order valence-electron chi connectivity index (χ4n) is 6.93. The van der Waals surface area contributed by atoms with Gasteiger partial charge < -0.3 is 19.4 Å². The summed E-state index contributed by atoms with van der Waals surface area (Å²) in [7, 11) is 3.27. The molecule has 3 aliphatic heterocycles. The van der Waals surface area contributed by atoms with Crippen molar-refractivity contribution in [3.8, 4) is 11.5 Å². The predicted molar refractivity (Wildman–Crippen MR) is 124 cm³/mol. The van der Waals surface area contributed by atoms with Crippen LogP contribution in [-0.2, 0) is 0 Å². The van der Waals surface area contributed by atoms with E-state index in [1.54, 1.807) is 14.2 Å².